The van der Waals surface area contributed by atoms with Crippen LogP contribution >= 0.6 is 0 Å². The molecule has 1 aliphatic rings. The van der Waals surface area contributed by atoms with Crippen molar-refractivity contribution in [2.75, 3.05) is 0 Å². The molecule has 1 aliphatic carbocycles. The van der Waals surface area contributed by atoms with Crippen molar-refractivity contribution in [2.45, 2.75) is 38.2 Å². The summed E-state index contributed by atoms with van der Waals surface area (Å²) in [6.45, 7) is 3.99. The summed E-state index contributed by atoms with van der Waals surface area (Å²) in [5, 5.41) is 0. The van der Waals surface area contributed by atoms with Crippen LogP contribution in [-0.2, 0) is 14.9 Å². The van der Waals surface area contributed by atoms with E-state index < -0.39 is 0 Å². The van der Waals surface area contributed by atoms with Crippen LogP contribution in [0.4, 0.5) is 0 Å². The zero-order valence-electron chi connectivity index (χ0n) is 13.2. The van der Waals surface area contributed by atoms with Crippen LogP contribution in [0.3, 0.4) is 0 Å². The smallest absolute Gasteiger partial charge is 0.310 e. The van der Waals surface area contributed by atoms with E-state index in [-0.39, 0.29) is 23.4 Å². The molecule has 0 aliphatic heterocycles. The molecule has 114 valence electrons. The van der Waals surface area contributed by atoms with Crippen LogP contribution in [-0.4, -0.2) is 12.1 Å². The molecule has 0 unspecified atom stereocenters. The molecule has 2 heteroatoms. The Hall–Kier alpha value is -2.09. The Morgan fingerprint density at radius 1 is 1.09 bits per heavy atom. The maximum absolute atomic E-state index is 12.5. The van der Waals surface area contributed by atoms with Gasteiger partial charge in [0.2, 0.25) is 0 Å². The lowest BCUT2D eigenvalue weighted by Crippen LogP contribution is -2.22. The summed E-state index contributed by atoms with van der Waals surface area (Å²) < 4.78 is 5.58. The van der Waals surface area contributed by atoms with E-state index in [0.717, 1.165) is 12.8 Å². The number of hydrogen-bond donors (Lipinski definition) is 0. The first kappa shape index (κ1) is 14.8. The molecule has 2 nitrogen and oxygen atoms in total. The SMILES string of the molecule is CC[C@H](C)OC(=O)[C@@H]1CC1(c1ccccc1)c1ccccc1. The molecule has 22 heavy (non-hydrogen) atoms. The van der Waals surface area contributed by atoms with Gasteiger partial charge in [-0.25, -0.2) is 0 Å². The van der Waals surface area contributed by atoms with Gasteiger partial charge in [-0.3, -0.25) is 4.79 Å². The van der Waals surface area contributed by atoms with Crippen LogP contribution in [0.15, 0.2) is 60.7 Å². The zero-order chi connectivity index (χ0) is 15.6. The number of hydrogen-bond acceptors (Lipinski definition) is 2. The highest BCUT2D eigenvalue weighted by atomic mass is 16.5. The lowest BCUT2D eigenvalue weighted by Gasteiger charge is -2.19. The molecule has 2 aromatic carbocycles. The summed E-state index contributed by atoms with van der Waals surface area (Å²) >= 11 is 0. The Morgan fingerprint density at radius 3 is 2.05 bits per heavy atom. The van der Waals surface area contributed by atoms with Crippen LogP contribution in [0.5, 0.6) is 0 Å². The van der Waals surface area contributed by atoms with Gasteiger partial charge in [0.25, 0.3) is 0 Å². The molecule has 2 aromatic rings. The normalized spacial score (nSPS) is 20.2. The van der Waals surface area contributed by atoms with Crippen molar-refractivity contribution in [1.82, 2.24) is 0 Å². The van der Waals surface area contributed by atoms with E-state index >= 15 is 0 Å². The third-order valence-corrected chi connectivity index (χ3v) is 4.72. The van der Waals surface area contributed by atoms with E-state index in [2.05, 4.69) is 24.3 Å². The van der Waals surface area contributed by atoms with Crippen LogP contribution in [0.2, 0.25) is 0 Å². The minimum atomic E-state index is -0.215. The maximum atomic E-state index is 12.5. The molecule has 0 radical (unpaired) electrons. The number of esters is 1. The Kier molecular flexibility index (Phi) is 4.02. The number of benzene rings is 2. The second kappa shape index (κ2) is 5.96. The summed E-state index contributed by atoms with van der Waals surface area (Å²) in [6, 6.07) is 20.6. The highest BCUT2D eigenvalue weighted by Gasteiger charge is 2.61. The van der Waals surface area contributed by atoms with E-state index in [1.807, 2.05) is 50.2 Å². The number of ether oxygens (including phenoxy) is 1. The van der Waals surface area contributed by atoms with Crippen LogP contribution < -0.4 is 0 Å². The fraction of sp³-hybridized carbons (Fsp3) is 0.350. The lowest BCUT2D eigenvalue weighted by atomic mass is 9.86. The molecule has 0 heterocycles. The second-order valence-corrected chi connectivity index (χ2v) is 6.12. The topological polar surface area (TPSA) is 26.3 Å². The molecule has 2 atom stereocenters. The number of carbonyl (C=O) groups is 1. The van der Waals surface area contributed by atoms with Crippen molar-refractivity contribution in [3.05, 3.63) is 71.8 Å². The minimum Gasteiger partial charge on any atom is -0.462 e. The molecule has 1 fully saturated rings. The number of rotatable bonds is 5. The fourth-order valence-electron chi connectivity index (χ4n) is 3.19. The second-order valence-electron chi connectivity index (χ2n) is 6.12. The number of carbonyl (C=O) groups excluding carboxylic acids is 1. The Morgan fingerprint density at radius 2 is 1.59 bits per heavy atom. The van der Waals surface area contributed by atoms with E-state index in [0.29, 0.717) is 0 Å². The quantitative estimate of drug-likeness (QED) is 0.767. The predicted molar refractivity (Wildman–Crippen MR) is 87.6 cm³/mol. The first-order valence-corrected chi connectivity index (χ1v) is 8.00. The van der Waals surface area contributed by atoms with E-state index in [1.165, 1.54) is 11.1 Å². The summed E-state index contributed by atoms with van der Waals surface area (Å²) in [7, 11) is 0. The minimum absolute atomic E-state index is 0.0163. The maximum Gasteiger partial charge on any atom is 0.310 e. The Bertz CT molecular complexity index is 594. The average molecular weight is 294 g/mol. The van der Waals surface area contributed by atoms with Gasteiger partial charge in [-0.15, -0.1) is 0 Å². The van der Waals surface area contributed by atoms with Gasteiger partial charge < -0.3 is 4.74 Å². The van der Waals surface area contributed by atoms with Crippen molar-refractivity contribution in [2.24, 2.45) is 5.92 Å². The van der Waals surface area contributed by atoms with Gasteiger partial charge >= 0.3 is 5.97 Å². The van der Waals surface area contributed by atoms with Gasteiger partial charge in [0.15, 0.2) is 0 Å². The standard InChI is InChI=1S/C20H22O2/c1-3-15(2)22-19(21)18-14-20(18,16-10-6-4-7-11-16)17-12-8-5-9-13-17/h4-13,15,18H,3,14H2,1-2H3/t15-,18-/m0/s1. The Balaban J connectivity index is 1.93. The van der Waals surface area contributed by atoms with Crippen molar-refractivity contribution in [3.63, 3.8) is 0 Å². The first-order chi connectivity index (χ1) is 10.7. The molecular weight excluding hydrogens is 272 g/mol. The van der Waals surface area contributed by atoms with Crippen LogP contribution in [0, 0.1) is 5.92 Å². The van der Waals surface area contributed by atoms with Crippen molar-refractivity contribution in [1.29, 1.82) is 0 Å². The molecular formula is C20H22O2. The van der Waals surface area contributed by atoms with Gasteiger partial charge in [0.1, 0.15) is 0 Å². The molecule has 1 saturated carbocycles. The monoisotopic (exact) mass is 294 g/mol. The third kappa shape index (κ3) is 2.54. The van der Waals surface area contributed by atoms with Crippen molar-refractivity contribution < 1.29 is 9.53 Å². The first-order valence-electron chi connectivity index (χ1n) is 8.00. The van der Waals surface area contributed by atoms with Gasteiger partial charge in [0, 0.05) is 5.41 Å². The van der Waals surface area contributed by atoms with E-state index in [1.54, 1.807) is 0 Å². The van der Waals surface area contributed by atoms with Crippen molar-refractivity contribution >= 4 is 5.97 Å². The molecule has 0 aromatic heterocycles. The highest BCUT2D eigenvalue weighted by Crippen LogP contribution is 2.59. The van der Waals surface area contributed by atoms with Crippen LogP contribution in [0.1, 0.15) is 37.8 Å². The van der Waals surface area contributed by atoms with Crippen molar-refractivity contribution in [3.8, 4) is 0 Å². The molecule has 0 saturated heterocycles. The molecule has 0 N–H and O–H groups in total. The summed E-state index contributed by atoms with van der Waals surface area (Å²) in [6.07, 6.45) is 1.66. The van der Waals surface area contributed by atoms with Gasteiger partial charge in [-0.05, 0) is 30.9 Å². The Labute approximate surface area is 132 Å². The van der Waals surface area contributed by atoms with Gasteiger partial charge in [-0.2, -0.15) is 0 Å². The lowest BCUT2D eigenvalue weighted by molar-refractivity contribution is -0.150. The summed E-state index contributed by atoms with van der Waals surface area (Å²) in [4.78, 5) is 12.5. The van der Waals surface area contributed by atoms with E-state index in [4.69, 9.17) is 4.74 Å². The highest BCUT2D eigenvalue weighted by molar-refractivity contribution is 5.81. The molecule has 0 amide bonds. The summed E-state index contributed by atoms with van der Waals surface area (Å²) in [5.74, 6) is -0.145. The molecule has 0 bridgehead atoms. The molecule has 0 spiro atoms. The van der Waals surface area contributed by atoms with Gasteiger partial charge in [-0.1, -0.05) is 67.6 Å². The average Bonchev–Trinajstić information content (AvgIpc) is 3.33. The van der Waals surface area contributed by atoms with E-state index in [9.17, 15) is 4.79 Å². The summed E-state index contributed by atoms with van der Waals surface area (Å²) in [5.41, 5.74) is 2.19. The zero-order valence-corrected chi connectivity index (χ0v) is 13.2. The van der Waals surface area contributed by atoms with Gasteiger partial charge in [0.05, 0.1) is 12.0 Å². The third-order valence-electron chi connectivity index (χ3n) is 4.72. The largest absolute Gasteiger partial charge is 0.462 e. The predicted octanol–water partition coefficient (Wildman–Crippen LogP) is 4.33. The van der Waals surface area contributed by atoms with Crippen LogP contribution in [0.25, 0.3) is 0 Å². The molecule has 3 rings (SSSR count). The fourth-order valence-corrected chi connectivity index (χ4v) is 3.19.